The molecule has 0 aliphatic carbocycles. The molecule has 1 aromatic heterocycles. The van der Waals surface area contributed by atoms with Crippen molar-refractivity contribution in [3.05, 3.63) is 65.9 Å². The van der Waals surface area contributed by atoms with Gasteiger partial charge in [0.05, 0.1) is 12.1 Å². The van der Waals surface area contributed by atoms with Crippen LogP contribution in [0.15, 0.2) is 54.7 Å². The highest BCUT2D eigenvalue weighted by atomic mass is 16.4. The van der Waals surface area contributed by atoms with Crippen molar-refractivity contribution in [3.63, 3.8) is 0 Å². The number of nitrogens with two attached hydrogens (primary N) is 1. The number of amides is 3. The number of aliphatic carboxylic acids is 1. The van der Waals surface area contributed by atoms with Crippen LogP contribution in [-0.2, 0) is 32.0 Å². The zero-order chi connectivity index (χ0) is 29.7. The number of rotatable bonds is 11. The van der Waals surface area contributed by atoms with Crippen molar-refractivity contribution in [2.75, 3.05) is 6.54 Å². The minimum absolute atomic E-state index is 0.0365. The second-order valence-corrected chi connectivity index (χ2v) is 10.4. The number of aromatic hydroxyl groups is 1. The maximum atomic E-state index is 13.5. The third kappa shape index (κ3) is 7.02. The highest BCUT2D eigenvalue weighted by Gasteiger charge is 2.38. The van der Waals surface area contributed by atoms with Gasteiger partial charge in [-0.3, -0.25) is 14.4 Å². The van der Waals surface area contributed by atoms with E-state index in [1.54, 1.807) is 18.3 Å². The smallest absolute Gasteiger partial charge is 0.328 e. The van der Waals surface area contributed by atoms with Crippen LogP contribution in [-0.4, -0.2) is 85.7 Å². The fourth-order valence-corrected chi connectivity index (χ4v) is 5.13. The van der Waals surface area contributed by atoms with Crippen molar-refractivity contribution >= 4 is 34.6 Å². The van der Waals surface area contributed by atoms with Gasteiger partial charge in [0.2, 0.25) is 17.7 Å². The molecule has 1 saturated heterocycles. The Morgan fingerprint density at radius 1 is 1.07 bits per heavy atom. The van der Waals surface area contributed by atoms with Crippen LogP contribution in [0.4, 0.5) is 0 Å². The topological polar surface area (TPSA) is 198 Å². The maximum absolute atomic E-state index is 13.5. The lowest BCUT2D eigenvalue weighted by atomic mass is 10.0. The second-order valence-electron chi connectivity index (χ2n) is 10.4. The predicted octanol–water partition coefficient (Wildman–Crippen LogP) is 0.412. The summed E-state index contributed by atoms with van der Waals surface area (Å²) in [4.78, 5) is 56.2. The molecular formula is C29H35N5O7. The number of aromatic nitrogens is 1. The van der Waals surface area contributed by atoms with E-state index >= 15 is 0 Å². The van der Waals surface area contributed by atoms with E-state index in [9.17, 15) is 34.5 Å². The first kappa shape index (κ1) is 29.6. The van der Waals surface area contributed by atoms with Gasteiger partial charge in [0.1, 0.15) is 17.8 Å². The molecule has 12 nitrogen and oxygen atoms in total. The number of carboxylic acid groups (broad SMARTS) is 1. The third-order valence-electron chi connectivity index (χ3n) is 7.33. The molecule has 1 fully saturated rings. The number of aliphatic hydroxyl groups is 1. The van der Waals surface area contributed by atoms with Gasteiger partial charge >= 0.3 is 5.97 Å². The fourth-order valence-electron chi connectivity index (χ4n) is 5.13. The van der Waals surface area contributed by atoms with E-state index in [2.05, 4.69) is 15.6 Å². The molecule has 4 rings (SSSR count). The van der Waals surface area contributed by atoms with Gasteiger partial charge in [-0.15, -0.1) is 0 Å². The number of aromatic amines is 1. The first-order chi connectivity index (χ1) is 19.5. The predicted molar refractivity (Wildman–Crippen MR) is 150 cm³/mol. The van der Waals surface area contributed by atoms with Crippen molar-refractivity contribution in [2.45, 2.75) is 62.9 Å². The number of nitrogens with one attached hydrogen (secondary N) is 3. The Kier molecular flexibility index (Phi) is 9.25. The summed E-state index contributed by atoms with van der Waals surface area (Å²) in [6.07, 6.45) is 1.53. The van der Waals surface area contributed by atoms with Crippen LogP contribution in [0.5, 0.6) is 5.75 Å². The summed E-state index contributed by atoms with van der Waals surface area (Å²) in [7, 11) is 0. The van der Waals surface area contributed by atoms with Crippen LogP contribution in [0.3, 0.4) is 0 Å². The molecule has 0 bridgehead atoms. The Morgan fingerprint density at radius 3 is 2.46 bits per heavy atom. The van der Waals surface area contributed by atoms with E-state index in [4.69, 9.17) is 5.73 Å². The Hall–Kier alpha value is -4.42. The van der Waals surface area contributed by atoms with Crippen molar-refractivity contribution in [1.29, 1.82) is 0 Å². The van der Waals surface area contributed by atoms with E-state index in [0.717, 1.165) is 22.0 Å². The van der Waals surface area contributed by atoms with Gasteiger partial charge in [-0.2, -0.15) is 0 Å². The molecule has 0 spiro atoms. The molecule has 41 heavy (non-hydrogen) atoms. The number of hydrogen-bond donors (Lipinski definition) is 7. The van der Waals surface area contributed by atoms with Crippen LogP contribution in [0.1, 0.15) is 30.9 Å². The van der Waals surface area contributed by atoms with Gasteiger partial charge in [-0.25, -0.2) is 4.79 Å². The number of phenols is 1. The summed E-state index contributed by atoms with van der Waals surface area (Å²) in [6.45, 7) is 1.57. The number of H-pyrrole nitrogens is 1. The molecule has 3 amide bonds. The Bertz CT molecular complexity index is 1400. The number of carbonyl (C=O) groups excluding carboxylic acids is 3. The SMILES string of the molecule is CC(O)[C@H](NC(=O)[C@H](Cc1c[nH]c2ccccc12)NC(=O)[C@@H]1CCCN1C(=O)[C@@H](N)Cc1ccc(O)cc1)C(=O)O. The zero-order valence-electron chi connectivity index (χ0n) is 22.6. The number of para-hydroxylation sites is 1. The van der Waals surface area contributed by atoms with Crippen LogP contribution < -0.4 is 16.4 Å². The molecule has 3 aromatic rings. The molecule has 1 aliphatic rings. The van der Waals surface area contributed by atoms with Crippen LogP contribution >= 0.6 is 0 Å². The molecule has 8 N–H and O–H groups in total. The Balaban J connectivity index is 1.51. The number of hydrogen-bond acceptors (Lipinski definition) is 7. The number of carboxylic acids is 1. The molecule has 0 radical (unpaired) electrons. The van der Waals surface area contributed by atoms with Crippen LogP contribution in [0, 0.1) is 0 Å². The van der Waals surface area contributed by atoms with Crippen molar-refractivity contribution in [2.24, 2.45) is 5.73 Å². The van der Waals surface area contributed by atoms with Gasteiger partial charge in [0.15, 0.2) is 6.04 Å². The summed E-state index contributed by atoms with van der Waals surface area (Å²) in [5.41, 5.74) is 8.51. The molecule has 12 heteroatoms. The summed E-state index contributed by atoms with van der Waals surface area (Å²) in [5.74, 6) is -3.07. The molecule has 2 heterocycles. The van der Waals surface area contributed by atoms with E-state index in [-0.39, 0.29) is 18.6 Å². The highest BCUT2D eigenvalue weighted by molar-refractivity contribution is 5.95. The minimum Gasteiger partial charge on any atom is -0.508 e. The van der Waals surface area contributed by atoms with Gasteiger partial charge in [0.25, 0.3) is 0 Å². The third-order valence-corrected chi connectivity index (χ3v) is 7.33. The largest absolute Gasteiger partial charge is 0.508 e. The van der Waals surface area contributed by atoms with Crippen molar-refractivity contribution in [3.8, 4) is 5.75 Å². The molecular weight excluding hydrogens is 530 g/mol. The second kappa shape index (κ2) is 12.8. The molecule has 2 aromatic carbocycles. The van der Waals surface area contributed by atoms with Crippen molar-refractivity contribution < 1.29 is 34.5 Å². The highest BCUT2D eigenvalue weighted by Crippen LogP contribution is 2.22. The molecule has 218 valence electrons. The first-order valence-electron chi connectivity index (χ1n) is 13.5. The summed E-state index contributed by atoms with van der Waals surface area (Å²) in [6, 6.07) is 9.22. The lowest BCUT2D eigenvalue weighted by molar-refractivity contribution is -0.145. The number of likely N-dealkylation sites (tertiary alicyclic amines) is 1. The molecule has 5 atom stereocenters. The van der Waals surface area contributed by atoms with Gasteiger partial charge < -0.3 is 41.6 Å². The monoisotopic (exact) mass is 565 g/mol. The van der Waals surface area contributed by atoms with E-state index in [1.807, 2.05) is 24.3 Å². The zero-order valence-corrected chi connectivity index (χ0v) is 22.6. The quantitative estimate of drug-likeness (QED) is 0.173. The number of benzene rings is 2. The minimum atomic E-state index is -1.58. The van der Waals surface area contributed by atoms with Gasteiger partial charge in [-0.1, -0.05) is 30.3 Å². The molecule has 1 unspecified atom stereocenters. The number of carbonyl (C=O) groups is 4. The standard InChI is InChI=1S/C29H35N5O7/c1-16(35)25(29(40)41)33-26(37)23(14-18-15-31-22-6-3-2-5-20(18)22)32-27(38)24-7-4-12-34(24)28(39)21(30)13-17-8-10-19(36)11-9-17/h2-3,5-6,8-11,15-16,21,23-25,31,35-36H,4,7,12-14,30H2,1H3,(H,32,38)(H,33,37)(H,40,41)/t16?,21-,23-,24-,25-/m0/s1. The van der Waals surface area contributed by atoms with E-state index < -0.39 is 54.0 Å². The Morgan fingerprint density at radius 2 is 1.78 bits per heavy atom. The van der Waals surface area contributed by atoms with Gasteiger partial charge in [-0.05, 0) is 55.5 Å². The number of aliphatic hydroxyl groups excluding tert-OH is 1. The lowest BCUT2D eigenvalue weighted by Gasteiger charge is -2.29. The Labute approximate surface area is 236 Å². The number of nitrogens with zero attached hydrogens (tertiary/aromatic N) is 1. The summed E-state index contributed by atoms with van der Waals surface area (Å²) < 4.78 is 0. The number of fused-ring (bicyclic) bond motifs is 1. The fraction of sp³-hybridized carbons (Fsp3) is 0.379. The normalized spacial score (nSPS) is 17.9. The molecule has 0 saturated carbocycles. The summed E-state index contributed by atoms with van der Waals surface area (Å²) >= 11 is 0. The van der Waals surface area contributed by atoms with E-state index in [1.165, 1.54) is 24.0 Å². The first-order valence-corrected chi connectivity index (χ1v) is 13.5. The maximum Gasteiger partial charge on any atom is 0.328 e. The average Bonchev–Trinajstić information content (AvgIpc) is 3.59. The average molecular weight is 566 g/mol. The van der Waals surface area contributed by atoms with Crippen molar-refractivity contribution in [1.82, 2.24) is 20.5 Å². The molecule has 1 aliphatic heterocycles. The van der Waals surface area contributed by atoms with Gasteiger partial charge in [0, 0.05) is 30.1 Å². The lowest BCUT2D eigenvalue weighted by Crippen LogP contribution is -2.58. The number of phenolic OH excluding ortho intramolecular Hbond substituents is 1. The summed E-state index contributed by atoms with van der Waals surface area (Å²) in [5, 5.41) is 34.7. The van der Waals surface area contributed by atoms with Crippen LogP contribution in [0.25, 0.3) is 10.9 Å². The van der Waals surface area contributed by atoms with Crippen LogP contribution in [0.2, 0.25) is 0 Å². The van der Waals surface area contributed by atoms with E-state index in [0.29, 0.717) is 19.4 Å².